The monoisotopic (exact) mass is 291 g/mol. The fourth-order valence-corrected chi connectivity index (χ4v) is 4.78. The van der Waals surface area contributed by atoms with Crippen LogP contribution in [0, 0.1) is 5.92 Å². The second-order valence-corrected chi connectivity index (χ2v) is 7.67. The number of aliphatic hydroxyl groups is 1. The van der Waals surface area contributed by atoms with Crippen molar-refractivity contribution < 1.29 is 13.5 Å². The SMILES string of the molecule is O=S1(=O)CCC(CC(O)c2cccc3cccnc23)C1. The summed E-state index contributed by atoms with van der Waals surface area (Å²) >= 11 is 0. The largest absolute Gasteiger partial charge is 0.388 e. The lowest BCUT2D eigenvalue weighted by atomic mass is 9.95. The summed E-state index contributed by atoms with van der Waals surface area (Å²) in [6.07, 6.45) is 2.18. The molecule has 1 saturated heterocycles. The van der Waals surface area contributed by atoms with E-state index in [2.05, 4.69) is 4.98 Å². The summed E-state index contributed by atoms with van der Waals surface area (Å²) in [7, 11) is -2.89. The minimum Gasteiger partial charge on any atom is -0.388 e. The average molecular weight is 291 g/mol. The Bertz CT molecular complexity index is 721. The third-order valence-electron chi connectivity index (χ3n) is 3.91. The highest BCUT2D eigenvalue weighted by Crippen LogP contribution is 2.31. The van der Waals surface area contributed by atoms with Gasteiger partial charge in [-0.15, -0.1) is 0 Å². The fourth-order valence-electron chi connectivity index (χ4n) is 2.90. The molecule has 1 aromatic heterocycles. The van der Waals surface area contributed by atoms with E-state index in [1.165, 1.54) is 0 Å². The van der Waals surface area contributed by atoms with Crippen LogP contribution in [0.3, 0.4) is 0 Å². The first-order valence-electron chi connectivity index (χ1n) is 6.77. The van der Waals surface area contributed by atoms with Crippen molar-refractivity contribution in [3.63, 3.8) is 0 Å². The number of nitrogens with zero attached hydrogens (tertiary/aromatic N) is 1. The van der Waals surface area contributed by atoms with E-state index in [-0.39, 0.29) is 17.4 Å². The van der Waals surface area contributed by atoms with Gasteiger partial charge in [-0.3, -0.25) is 4.98 Å². The third kappa shape index (κ3) is 2.69. The number of benzene rings is 1. The van der Waals surface area contributed by atoms with Gasteiger partial charge in [-0.1, -0.05) is 24.3 Å². The van der Waals surface area contributed by atoms with Crippen LogP contribution in [0.2, 0.25) is 0 Å². The molecule has 2 aromatic rings. The van der Waals surface area contributed by atoms with Crippen molar-refractivity contribution in [2.24, 2.45) is 5.92 Å². The fraction of sp³-hybridized carbons (Fsp3) is 0.400. The lowest BCUT2D eigenvalue weighted by Crippen LogP contribution is -2.10. The molecule has 1 N–H and O–H groups in total. The zero-order valence-corrected chi connectivity index (χ0v) is 11.9. The Morgan fingerprint density at radius 2 is 2.10 bits per heavy atom. The van der Waals surface area contributed by atoms with E-state index < -0.39 is 15.9 Å². The average Bonchev–Trinajstić information content (AvgIpc) is 2.77. The molecule has 1 aliphatic rings. The van der Waals surface area contributed by atoms with Crippen LogP contribution in [0.5, 0.6) is 0 Å². The molecule has 4 nitrogen and oxygen atoms in total. The lowest BCUT2D eigenvalue weighted by molar-refractivity contribution is 0.150. The first-order chi connectivity index (χ1) is 9.55. The van der Waals surface area contributed by atoms with E-state index in [1.807, 2.05) is 30.3 Å². The Balaban J connectivity index is 1.84. The Hall–Kier alpha value is -1.46. The maximum atomic E-state index is 11.5. The van der Waals surface area contributed by atoms with Gasteiger partial charge in [-0.2, -0.15) is 0 Å². The van der Waals surface area contributed by atoms with Crippen LogP contribution >= 0.6 is 0 Å². The summed E-state index contributed by atoms with van der Waals surface area (Å²) in [5.74, 6) is 0.495. The van der Waals surface area contributed by atoms with Gasteiger partial charge in [0.05, 0.1) is 23.1 Å². The van der Waals surface area contributed by atoms with Crippen LogP contribution in [-0.2, 0) is 9.84 Å². The topological polar surface area (TPSA) is 67.3 Å². The molecule has 1 aromatic carbocycles. The molecule has 20 heavy (non-hydrogen) atoms. The molecule has 0 radical (unpaired) electrons. The highest BCUT2D eigenvalue weighted by molar-refractivity contribution is 7.91. The Kier molecular flexibility index (Phi) is 3.48. The van der Waals surface area contributed by atoms with E-state index in [1.54, 1.807) is 6.20 Å². The summed E-state index contributed by atoms with van der Waals surface area (Å²) < 4.78 is 23.0. The first kappa shape index (κ1) is 13.5. The minimum atomic E-state index is -2.89. The molecule has 0 aliphatic carbocycles. The van der Waals surface area contributed by atoms with Gasteiger partial charge in [0, 0.05) is 17.1 Å². The maximum absolute atomic E-state index is 11.5. The molecule has 0 spiro atoms. The summed E-state index contributed by atoms with van der Waals surface area (Å²) in [5, 5.41) is 11.4. The van der Waals surface area contributed by atoms with Crippen LogP contribution in [0.4, 0.5) is 0 Å². The number of rotatable bonds is 3. The highest BCUT2D eigenvalue weighted by Gasteiger charge is 2.30. The smallest absolute Gasteiger partial charge is 0.150 e. The minimum absolute atomic E-state index is 0.0500. The molecule has 0 saturated carbocycles. The highest BCUT2D eigenvalue weighted by atomic mass is 32.2. The van der Waals surface area contributed by atoms with Crippen LogP contribution in [-0.4, -0.2) is 30.0 Å². The van der Waals surface area contributed by atoms with Crippen molar-refractivity contribution in [3.8, 4) is 0 Å². The number of hydrogen-bond donors (Lipinski definition) is 1. The number of hydrogen-bond acceptors (Lipinski definition) is 4. The number of pyridine rings is 1. The number of sulfone groups is 1. The third-order valence-corrected chi connectivity index (χ3v) is 5.74. The standard InChI is InChI=1S/C15H17NO3S/c17-14(9-11-6-8-20(18,19)10-11)13-5-1-3-12-4-2-7-16-15(12)13/h1-5,7,11,14,17H,6,8-10H2. The van der Waals surface area contributed by atoms with Crippen LogP contribution in [0.25, 0.3) is 10.9 Å². The zero-order chi connectivity index (χ0) is 14.2. The van der Waals surface area contributed by atoms with Gasteiger partial charge >= 0.3 is 0 Å². The van der Waals surface area contributed by atoms with E-state index in [0.717, 1.165) is 16.5 Å². The molecular formula is C15H17NO3S. The maximum Gasteiger partial charge on any atom is 0.150 e. The lowest BCUT2D eigenvalue weighted by Gasteiger charge is -2.16. The molecule has 106 valence electrons. The van der Waals surface area contributed by atoms with Crippen molar-refractivity contribution in [2.45, 2.75) is 18.9 Å². The van der Waals surface area contributed by atoms with Gasteiger partial charge in [0.15, 0.2) is 9.84 Å². The van der Waals surface area contributed by atoms with Crippen molar-refractivity contribution in [3.05, 3.63) is 42.1 Å². The number of aromatic nitrogens is 1. The van der Waals surface area contributed by atoms with Gasteiger partial charge in [0.25, 0.3) is 0 Å². The zero-order valence-electron chi connectivity index (χ0n) is 11.1. The molecule has 1 fully saturated rings. The van der Waals surface area contributed by atoms with E-state index in [0.29, 0.717) is 12.8 Å². The van der Waals surface area contributed by atoms with Crippen LogP contribution in [0.1, 0.15) is 24.5 Å². The second-order valence-electron chi connectivity index (χ2n) is 5.44. The van der Waals surface area contributed by atoms with Crippen molar-refractivity contribution >= 4 is 20.7 Å². The number of aliphatic hydroxyl groups excluding tert-OH is 1. The van der Waals surface area contributed by atoms with E-state index in [4.69, 9.17) is 0 Å². The Morgan fingerprint density at radius 1 is 1.30 bits per heavy atom. The molecule has 0 bridgehead atoms. The van der Waals surface area contributed by atoms with Gasteiger partial charge in [-0.25, -0.2) is 8.42 Å². The Morgan fingerprint density at radius 3 is 2.85 bits per heavy atom. The molecule has 3 rings (SSSR count). The number of para-hydroxylation sites is 1. The summed E-state index contributed by atoms with van der Waals surface area (Å²) in [5.41, 5.74) is 1.58. The normalized spacial score (nSPS) is 22.9. The van der Waals surface area contributed by atoms with Gasteiger partial charge < -0.3 is 5.11 Å². The van der Waals surface area contributed by atoms with Gasteiger partial charge in [0.2, 0.25) is 0 Å². The molecule has 1 aliphatic heterocycles. The quantitative estimate of drug-likeness (QED) is 0.940. The number of fused-ring (bicyclic) bond motifs is 1. The Labute approximate surface area is 118 Å². The summed E-state index contributed by atoms with van der Waals surface area (Å²) in [6.45, 7) is 0. The van der Waals surface area contributed by atoms with Gasteiger partial charge in [0.1, 0.15) is 0 Å². The molecule has 2 unspecified atom stereocenters. The summed E-state index contributed by atoms with van der Waals surface area (Å²) in [4.78, 5) is 4.33. The van der Waals surface area contributed by atoms with Crippen LogP contribution < -0.4 is 0 Å². The summed E-state index contributed by atoms with van der Waals surface area (Å²) in [6, 6.07) is 9.54. The molecule has 5 heteroatoms. The van der Waals surface area contributed by atoms with Crippen molar-refractivity contribution in [2.75, 3.05) is 11.5 Å². The molecular weight excluding hydrogens is 274 g/mol. The van der Waals surface area contributed by atoms with Crippen molar-refractivity contribution in [1.82, 2.24) is 4.98 Å². The molecule has 2 atom stereocenters. The first-order valence-corrected chi connectivity index (χ1v) is 8.59. The van der Waals surface area contributed by atoms with Crippen LogP contribution in [0.15, 0.2) is 36.5 Å². The van der Waals surface area contributed by atoms with E-state index in [9.17, 15) is 13.5 Å². The predicted molar refractivity (Wildman–Crippen MR) is 78.1 cm³/mol. The van der Waals surface area contributed by atoms with Crippen molar-refractivity contribution in [1.29, 1.82) is 0 Å². The second kappa shape index (κ2) is 5.14. The van der Waals surface area contributed by atoms with E-state index >= 15 is 0 Å². The molecule has 0 amide bonds. The molecule has 2 heterocycles. The predicted octanol–water partition coefficient (Wildman–Crippen LogP) is 2.09. The van der Waals surface area contributed by atoms with Gasteiger partial charge in [-0.05, 0) is 24.8 Å².